The van der Waals surface area contributed by atoms with Gasteiger partial charge in [-0.1, -0.05) is 12.5 Å². The van der Waals surface area contributed by atoms with Crippen LogP contribution in [0.25, 0.3) is 0 Å². The maximum atomic E-state index is 12.9. The average Bonchev–Trinajstić information content (AvgIpc) is 3.16. The monoisotopic (exact) mass is 516 g/mol. The highest BCUT2D eigenvalue weighted by Crippen LogP contribution is 2.67. The van der Waals surface area contributed by atoms with Crippen LogP contribution in [-0.2, 0) is 45.2 Å². The third-order valence-corrected chi connectivity index (χ3v) is 8.04. The Labute approximate surface area is 212 Å². The number of carboxylic acids is 1. The SMILES string of the molecule is CC(=O)O[C@@H](CC(=O)O)C(=O)O[C@@H](C)C(=O)OC1=CC[C@@]2(O)[C@@H]3CCCC24c2c(ccc(O)c2O[C@@H]14)C3. The Hall–Kier alpha value is -3.60. The Morgan fingerprint density at radius 2 is 1.95 bits per heavy atom. The number of esters is 3. The first-order chi connectivity index (χ1) is 17.5. The Morgan fingerprint density at radius 1 is 1.19 bits per heavy atom. The molecule has 37 heavy (non-hydrogen) atoms. The van der Waals surface area contributed by atoms with Crippen LogP contribution < -0.4 is 4.74 Å². The van der Waals surface area contributed by atoms with Crippen molar-refractivity contribution in [2.75, 3.05) is 0 Å². The van der Waals surface area contributed by atoms with Crippen molar-refractivity contribution in [3.8, 4) is 11.5 Å². The van der Waals surface area contributed by atoms with Crippen molar-refractivity contribution in [1.82, 2.24) is 0 Å². The number of ether oxygens (including phenoxy) is 4. The summed E-state index contributed by atoms with van der Waals surface area (Å²) in [7, 11) is 0. The van der Waals surface area contributed by atoms with E-state index < -0.39 is 59.6 Å². The summed E-state index contributed by atoms with van der Waals surface area (Å²) in [4.78, 5) is 47.6. The molecule has 1 spiro atoms. The second-order valence-electron chi connectivity index (χ2n) is 10.1. The molecule has 6 atom stereocenters. The molecule has 3 aliphatic carbocycles. The lowest BCUT2D eigenvalue weighted by Gasteiger charge is -2.59. The summed E-state index contributed by atoms with van der Waals surface area (Å²) in [5, 5.41) is 31.5. The molecule has 1 fully saturated rings. The van der Waals surface area contributed by atoms with Crippen LogP contribution in [0, 0.1) is 5.92 Å². The Morgan fingerprint density at radius 3 is 2.65 bits per heavy atom. The lowest BCUT2D eigenvalue weighted by atomic mass is 9.47. The number of carbonyl (C=O) groups is 4. The molecule has 1 saturated carbocycles. The van der Waals surface area contributed by atoms with E-state index in [-0.39, 0.29) is 29.6 Å². The van der Waals surface area contributed by atoms with E-state index in [0.717, 1.165) is 30.9 Å². The van der Waals surface area contributed by atoms with Crippen LogP contribution in [0.15, 0.2) is 24.0 Å². The van der Waals surface area contributed by atoms with E-state index in [0.29, 0.717) is 12.8 Å². The Balaban J connectivity index is 1.38. The second kappa shape index (κ2) is 8.76. The fourth-order valence-corrected chi connectivity index (χ4v) is 6.56. The van der Waals surface area contributed by atoms with E-state index in [1.807, 2.05) is 6.07 Å². The van der Waals surface area contributed by atoms with Crippen molar-refractivity contribution in [3.63, 3.8) is 0 Å². The number of hydrogen-bond acceptors (Lipinski definition) is 10. The summed E-state index contributed by atoms with van der Waals surface area (Å²) in [6.07, 6.45) is -0.144. The highest BCUT2D eigenvalue weighted by atomic mass is 16.6. The molecule has 11 nitrogen and oxygen atoms in total. The minimum absolute atomic E-state index is 0.0174. The fraction of sp³-hybridized carbons (Fsp3) is 0.538. The summed E-state index contributed by atoms with van der Waals surface area (Å²) in [6.45, 7) is 2.26. The highest BCUT2D eigenvalue weighted by Gasteiger charge is 2.70. The van der Waals surface area contributed by atoms with E-state index in [2.05, 4.69) is 0 Å². The van der Waals surface area contributed by atoms with Crippen LogP contribution in [0.3, 0.4) is 0 Å². The Bertz CT molecular complexity index is 1200. The second-order valence-corrected chi connectivity index (χ2v) is 10.1. The topological polar surface area (TPSA) is 166 Å². The van der Waals surface area contributed by atoms with Crippen molar-refractivity contribution in [1.29, 1.82) is 0 Å². The maximum absolute atomic E-state index is 12.9. The fourth-order valence-electron chi connectivity index (χ4n) is 6.56. The number of benzene rings is 1. The van der Waals surface area contributed by atoms with Gasteiger partial charge in [-0.3, -0.25) is 9.59 Å². The molecule has 0 amide bonds. The summed E-state index contributed by atoms with van der Waals surface area (Å²) in [5.41, 5.74) is -0.280. The highest BCUT2D eigenvalue weighted by molar-refractivity contribution is 5.86. The molecule has 198 valence electrons. The first-order valence-corrected chi connectivity index (χ1v) is 12.2. The van der Waals surface area contributed by atoms with Crippen molar-refractivity contribution in [2.24, 2.45) is 5.92 Å². The van der Waals surface area contributed by atoms with Gasteiger partial charge in [-0.25, -0.2) is 9.59 Å². The van der Waals surface area contributed by atoms with Crippen LogP contribution in [0.5, 0.6) is 11.5 Å². The molecule has 0 radical (unpaired) electrons. The number of phenolic OH excluding ortho intramolecular Hbond substituents is 1. The lowest BCUT2D eigenvalue weighted by Crippen LogP contribution is -2.67. The average molecular weight is 516 g/mol. The maximum Gasteiger partial charge on any atom is 0.352 e. The molecular weight excluding hydrogens is 488 g/mol. The molecular formula is C26H28O11. The summed E-state index contributed by atoms with van der Waals surface area (Å²) in [5.74, 6) is -4.08. The molecule has 3 N–H and O–H groups in total. The van der Waals surface area contributed by atoms with Crippen molar-refractivity contribution < 1.29 is 53.4 Å². The summed E-state index contributed by atoms with van der Waals surface area (Å²) in [6, 6.07) is 3.41. The normalized spacial score (nSPS) is 30.1. The van der Waals surface area contributed by atoms with Crippen molar-refractivity contribution in [3.05, 3.63) is 35.1 Å². The van der Waals surface area contributed by atoms with Gasteiger partial charge in [-0.15, -0.1) is 0 Å². The van der Waals surface area contributed by atoms with Gasteiger partial charge in [0.1, 0.15) is 5.76 Å². The molecule has 1 heterocycles. The standard InChI is InChI=1S/C26H28O11/c1-12(34-24(32)18(11-19(29)30)35-13(2)27)23(31)36-17-7-9-26(33)15-4-3-8-25(26)20-14(10-15)5-6-16(28)21(20)37-22(17)25/h5-7,12,15,18,22,28,33H,3-4,8-11H2,1-2H3,(H,29,30)/t12-,15+,18-,22-,25?,26+/m0/s1. The van der Waals surface area contributed by atoms with Crippen LogP contribution >= 0.6 is 0 Å². The van der Waals surface area contributed by atoms with Crippen molar-refractivity contribution >= 4 is 23.9 Å². The molecule has 5 rings (SSSR count). The molecule has 1 aliphatic heterocycles. The number of aromatic hydroxyl groups is 1. The third-order valence-electron chi connectivity index (χ3n) is 8.04. The third kappa shape index (κ3) is 3.75. The first kappa shape index (κ1) is 25.1. The van der Waals surface area contributed by atoms with Gasteiger partial charge in [0.15, 0.2) is 23.7 Å². The van der Waals surface area contributed by atoms with Gasteiger partial charge in [0.05, 0.1) is 17.4 Å². The molecule has 1 unspecified atom stereocenters. The lowest BCUT2D eigenvalue weighted by molar-refractivity contribution is -0.180. The van der Waals surface area contributed by atoms with Crippen LogP contribution in [0.1, 0.15) is 57.1 Å². The molecule has 1 aromatic carbocycles. The number of carboxylic acid groups (broad SMARTS) is 1. The predicted octanol–water partition coefficient (Wildman–Crippen LogP) is 1.65. The van der Waals surface area contributed by atoms with E-state index in [4.69, 9.17) is 24.1 Å². The molecule has 1 aromatic rings. The largest absolute Gasteiger partial charge is 0.504 e. The molecule has 0 saturated heterocycles. The quantitative estimate of drug-likeness (QED) is 0.356. The zero-order chi connectivity index (χ0) is 26.7. The van der Waals surface area contributed by atoms with Gasteiger partial charge in [0, 0.05) is 12.5 Å². The molecule has 11 heteroatoms. The Kier molecular flexibility index (Phi) is 5.93. The zero-order valence-corrected chi connectivity index (χ0v) is 20.4. The van der Waals surface area contributed by atoms with Gasteiger partial charge in [-0.2, -0.15) is 0 Å². The molecule has 2 bridgehead atoms. The van der Waals surface area contributed by atoms with Crippen LogP contribution in [0.4, 0.5) is 0 Å². The number of hydrogen-bond donors (Lipinski definition) is 3. The summed E-state index contributed by atoms with van der Waals surface area (Å²) >= 11 is 0. The van der Waals surface area contributed by atoms with Gasteiger partial charge < -0.3 is 34.3 Å². The van der Waals surface area contributed by atoms with E-state index in [9.17, 15) is 29.4 Å². The van der Waals surface area contributed by atoms with Crippen LogP contribution in [-0.4, -0.2) is 63.1 Å². The smallest absolute Gasteiger partial charge is 0.352 e. The van der Waals surface area contributed by atoms with E-state index in [1.165, 1.54) is 6.92 Å². The number of carbonyl (C=O) groups excluding carboxylic acids is 3. The van der Waals surface area contributed by atoms with Gasteiger partial charge in [-0.05, 0) is 56.2 Å². The van der Waals surface area contributed by atoms with E-state index >= 15 is 0 Å². The van der Waals surface area contributed by atoms with Gasteiger partial charge in [0.25, 0.3) is 0 Å². The first-order valence-electron chi connectivity index (χ1n) is 12.2. The minimum Gasteiger partial charge on any atom is -0.504 e. The number of aliphatic carboxylic acids is 1. The number of rotatable bonds is 7. The zero-order valence-electron chi connectivity index (χ0n) is 20.4. The van der Waals surface area contributed by atoms with Crippen molar-refractivity contribution in [2.45, 2.75) is 81.7 Å². The van der Waals surface area contributed by atoms with Crippen LogP contribution in [0.2, 0.25) is 0 Å². The number of phenols is 1. The predicted molar refractivity (Wildman–Crippen MR) is 122 cm³/mol. The minimum atomic E-state index is -1.72. The van der Waals surface area contributed by atoms with E-state index in [1.54, 1.807) is 12.1 Å². The molecule has 4 aliphatic rings. The summed E-state index contributed by atoms with van der Waals surface area (Å²) < 4.78 is 21.6. The van der Waals surface area contributed by atoms with Gasteiger partial charge in [0.2, 0.25) is 6.10 Å². The van der Waals surface area contributed by atoms with Gasteiger partial charge >= 0.3 is 23.9 Å². The number of aliphatic hydroxyl groups is 1. The molecule has 0 aromatic heterocycles.